The van der Waals surface area contributed by atoms with E-state index in [9.17, 15) is 4.39 Å². The molecule has 1 aromatic carbocycles. The number of anilines is 1. The maximum atomic E-state index is 13.9. The molecule has 0 unspecified atom stereocenters. The SMILES string of the molecule is C[C@@H](Oc1c(N)ncc2c(-c3cnn(C)c3)coc12)c1c(Cl)ccc(F)c1Cl. The minimum Gasteiger partial charge on any atom is -0.478 e. The highest BCUT2D eigenvalue weighted by Crippen LogP contribution is 2.41. The molecule has 0 amide bonds. The Morgan fingerprint density at radius 2 is 2.07 bits per heavy atom. The summed E-state index contributed by atoms with van der Waals surface area (Å²) in [6.07, 6.45) is 6.07. The number of hydrogen-bond acceptors (Lipinski definition) is 5. The fourth-order valence-corrected chi connectivity index (χ4v) is 3.71. The number of benzene rings is 1. The van der Waals surface area contributed by atoms with Crippen molar-refractivity contribution in [3.8, 4) is 16.9 Å². The molecule has 1 atom stereocenters. The van der Waals surface area contributed by atoms with Gasteiger partial charge in [0.1, 0.15) is 18.2 Å². The fraction of sp³-hybridized carbons (Fsp3) is 0.158. The van der Waals surface area contributed by atoms with Crippen LogP contribution < -0.4 is 10.5 Å². The van der Waals surface area contributed by atoms with E-state index in [1.807, 2.05) is 13.2 Å². The number of halogens is 3. The van der Waals surface area contributed by atoms with Crippen molar-refractivity contribution in [3.63, 3.8) is 0 Å². The van der Waals surface area contributed by atoms with E-state index in [0.29, 0.717) is 16.5 Å². The lowest BCUT2D eigenvalue weighted by atomic mass is 10.1. The summed E-state index contributed by atoms with van der Waals surface area (Å²) < 4.78 is 27.3. The maximum absolute atomic E-state index is 13.9. The third-order valence-corrected chi connectivity index (χ3v) is 5.11. The first kappa shape index (κ1) is 18.6. The van der Waals surface area contributed by atoms with E-state index in [0.717, 1.165) is 11.1 Å². The van der Waals surface area contributed by atoms with Gasteiger partial charge in [0.15, 0.2) is 11.4 Å². The van der Waals surface area contributed by atoms with Crippen molar-refractivity contribution in [2.24, 2.45) is 7.05 Å². The predicted octanol–water partition coefficient (Wildman–Crippen LogP) is 5.40. The number of nitrogen functional groups attached to an aromatic ring is 1. The zero-order chi connectivity index (χ0) is 20.0. The van der Waals surface area contributed by atoms with Crippen molar-refractivity contribution in [3.05, 3.63) is 58.4 Å². The number of furan rings is 1. The lowest BCUT2D eigenvalue weighted by Gasteiger charge is -2.18. The Bertz CT molecular complexity index is 1190. The molecule has 2 N–H and O–H groups in total. The number of aromatic nitrogens is 3. The van der Waals surface area contributed by atoms with Crippen LogP contribution in [0.2, 0.25) is 10.0 Å². The van der Waals surface area contributed by atoms with E-state index in [-0.39, 0.29) is 21.6 Å². The monoisotopic (exact) mass is 420 g/mol. The van der Waals surface area contributed by atoms with Crippen LogP contribution in [0.1, 0.15) is 18.6 Å². The van der Waals surface area contributed by atoms with Crippen LogP contribution >= 0.6 is 23.2 Å². The molecular formula is C19H15Cl2FN4O2. The average Bonchev–Trinajstić information content (AvgIpc) is 3.27. The van der Waals surface area contributed by atoms with Crippen LogP contribution in [0.4, 0.5) is 10.2 Å². The summed E-state index contributed by atoms with van der Waals surface area (Å²) in [4.78, 5) is 4.21. The number of ether oxygens (including phenoxy) is 1. The van der Waals surface area contributed by atoms with Crippen LogP contribution in [-0.4, -0.2) is 14.8 Å². The first-order chi connectivity index (χ1) is 13.4. The van der Waals surface area contributed by atoms with Crippen molar-refractivity contribution >= 4 is 40.0 Å². The smallest absolute Gasteiger partial charge is 0.205 e. The van der Waals surface area contributed by atoms with Gasteiger partial charge < -0.3 is 14.9 Å². The molecular weight excluding hydrogens is 406 g/mol. The lowest BCUT2D eigenvalue weighted by Crippen LogP contribution is -2.08. The number of aryl methyl sites for hydroxylation is 1. The Labute approximate surface area is 169 Å². The molecule has 4 rings (SSSR count). The maximum Gasteiger partial charge on any atom is 0.205 e. The lowest BCUT2D eigenvalue weighted by molar-refractivity contribution is 0.227. The second kappa shape index (κ2) is 7.00. The first-order valence-corrected chi connectivity index (χ1v) is 9.07. The zero-order valence-corrected chi connectivity index (χ0v) is 16.4. The van der Waals surface area contributed by atoms with E-state index >= 15 is 0 Å². The molecule has 6 nitrogen and oxygen atoms in total. The summed E-state index contributed by atoms with van der Waals surface area (Å²) in [5, 5.41) is 5.06. The molecule has 144 valence electrons. The van der Waals surface area contributed by atoms with Gasteiger partial charge in [0.25, 0.3) is 0 Å². The van der Waals surface area contributed by atoms with Crippen molar-refractivity contribution in [2.75, 3.05) is 5.73 Å². The van der Waals surface area contributed by atoms with E-state index < -0.39 is 11.9 Å². The Morgan fingerprint density at radius 3 is 2.79 bits per heavy atom. The average molecular weight is 421 g/mol. The molecule has 0 fully saturated rings. The molecule has 3 aromatic heterocycles. The van der Waals surface area contributed by atoms with Gasteiger partial charge in [0, 0.05) is 41.2 Å². The number of nitrogens with two attached hydrogens (primary N) is 1. The van der Waals surface area contributed by atoms with Crippen molar-refractivity contribution < 1.29 is 13.5 Å². The van der Waals surface area contributed by atoms with E-state index in [1.165, 1.54) is 12.1 Å². The number of fused-ring (bicyclic) bond motifs is 1. The summed E-state index contributed by atoms with van der Waals surface area (Å²) in [6, 6.07) is 2.62. The predicted molar refractivity (Wildman–Crippen MR) is 106 cm³/mol. The van der Waals surface area contributed by atoms with Gasteiger partial charge in [-0.1, -0.05) is 23.2 Å². The van der Waals surface area contributed by atoms with Gasteiger partial charge in [-0.05, 0) is 19.1 Å². The minimum absolute atomic E-state index is 0.103. The molecule has 0 aliphatic carbocycles. The van der Waals surface area contributed by atoms with Crippen LogP contribution in [-0.2, 0) is 7.05 Å². The second-order valence-corrected chi connectivity index (χ2v) is 7.07. The number of pyridine rings is 1. The highest BCUT2D eigenvalue weighted by Gasteiger charge is 2.23. The van der Waals surface area contributed by atoms with Gasteiger partial charge in [0.2, 0.25) is 5.75 Å². The summed E-state index contributed by atoms with van der Waals surface area (Å²) in [6.45, 7) is 1.69. The van der Waals surface area contributed by atoms with Crippen molar-refractivity contribution in [1.29, 1.82) is 0 Å². The molecule has 0 aliphatic heterocycles. The van der Waals surface area contributed by atoms with Gasteiger partial charge in [-0.2, -0.15) is 5.10 Å². The zero-order valence-electron chi connectivity index (χ0n) is 14.9. The van der Waals surface area contributed by atoms with Crippen LogP contribution in [0.25, 0.3) is 22.1 Å². The second-order valence-electron chi connectivity index (χ2n) is 6.28. The van der Waals surface area contributed by atoms with Crippen molar-refractivity contribution in [2.45, 2.75) is 13.0 Å². The number of nitrogens with zero attached hydrogens (tertiary/aromatic N) is 3. The molecule has 28 heavy (non-hydrogen) atoms. The third kappa shape index (κ3) is 3.06. The minimum atomic E-state index is -0.697. The van der Waals surface area contributed by atoms with Gasteiger partial charge in [0.05, 0.1) is 16.6 Å². The standard InChI is InChI=1S/C19H15Cl2FN4O2/c1-9(15-13(20)3-4-14(22)16(15)21)28-18-17-11(6-24-19(18)23)12(8-27-17)10-5-25-26(2)7-10/h3-9H,1-2H3,(H2,23,24)/t9-/m1/s1. The molecule has 0 aliphatic rings. The van der Waals surface area contributed by atoms with E-state index in [2.05, 4.69) is 10.1 Å². The van der Waals surface area contributed by atoms with Crippen LogP contribution in [0, 0.1) is 5.82 Å². The largest absolute Gasteiger partial charge is 0.478 e. The summed E-state index contributed by atoms with van der Waals surface area (Å²) in [7, 11) is 1.82. The van der Waals surface area contributed by atoms with E-state index in [1.54, 1.807) is 30.3 Å². The normalized spacial score (nSPS) is 12.5. The molecule has 0 saturated carbocycles. The summed E-state index contributed by atoms with van der Waals surface area (Å²) in [5.41, 5.74) is 8.42. The van der Waals surface area contributed by atoms with Crippen LogP contribution in [0.15, 0.2) is 41.4 Å². The Balaban J connectivity index is 1.78. The van der Waals surface area contributed by atoms with Crippen molar-refractivity contribution in [1.82, 2.24) is 14.8 Å². The molecule has 3 heterocycles. The number of rotatable bonds is 4. The molecule has 4 aromatic rings. The van der Waals surface area contributed by atoms with Gasteiger partial charge in [-0.25, -0.2) is 9.37 Å². The Morgan fingerprint density at radius 1 is 1.29 bits per heavy atom. The highest BCUT2D eigenvalue weighted by molar-refractivity contribution is 6.36. The Hall–Kier alpha value is -2.77. The quantitative estimate of drug-likeness (QED) is 0.447. The van der Waals surface area contributed by atoms with Crippen LogP contribution in [0.3, 0.4) is 0 Å². The first-order valence-electron chi connectivity index (χ1n) is 8.31. The Kier molecular flexibility index (Phi) is 4.64. The van der Waals surface area contributed by atoms with Gasteiger partial charge >= 0.3 is 0 Å². The molecule has 9 heteroatoms. The van der Waals surface area contributed by atoms with Gasteiger partial charge in [-0.3, -0.25) is 4.68 Å². The van der Waals surface area contributed by atoms with Crippen LogP contribution in [0.5, 0.6) is 5.75 Å². The van der Waals surface area contributed by atoms with Gasteiger partial charge in [-0.15, -0.1) is 0 Å². The molecule has 0 saturated heterocycles. The number of hydrogen-bond donors (Lipinski definition) is 1. The third-order valence-electron chi connectivity index (χ3n) is 4.40. The summed E-state index contributed by atoms with van der Waals surface area (Å²) >= 11 is 12.3. The van der Waals surface area contributed by atoms with E-state index in [4.69, 9.17) is 38.1 Å². The topological polar surface area (TPSA) is 79.1 Å². The molecule has 0 radical (unpaired) electrons. The fourth-order valence-electron chi connectivity index (χ4n) is 3.03. The molecule has 0 bridgehead atoms. The highest BCUT2D eigenvalue weighted by atomic mass is 35.5. The summed E-state index contributed by atoms with van der Waals surface area (Å²) in [5.74, 6) is -0.218. The molecule has 0 spiro atoms.